The third kappa shape index (κ3) is 1.59. The Labute approximate surface area is 116 Å². The molecule has 0 radical (unpaired) electrons. The van der Waals surface area contributed by atoms with Crippen LogP contribution in [-0.4, -0.2) is 11.6 Å². The van der Waals surface area contributed by atoms with Crippen LogP contribution in [0, 0.1) is 23.7 Å². The number of hydrogen-bond acceptors (Lipinski definition) is 3. The summed E-state index contributed by atoms with van der Waals surface area (Å²) in [5.41, 5.74) is 0. The van der Waals surface area contributed by atoms with Crippen LogP contribution in [0.3, 0.4) is 0 Å². The zero-order valence-electron chi connectivity index (χ0n) is 10.9. The van der Waals surface area contributed by atoms with Gasteiger partial charge in [-0.1, -0.05) is 30.4 Å². The molecule has 20 heavy (non-hydrogen) atoms. The highest BCUT2D eigenvalue weighted by molar-refractivity contribution is 6.10. The summed E-state index contributed by atoms with van der Waals surface area (Å²) in [6.45, 7) is 0. The maximum absolute atomic E-state index is 12.6. The monoisotopic (exact) mass is 266 g/mol. The molecule has 0 aliphatic heterocycles. The van der Waals surface area contributed by atoms with E-state index in [9.17, 15) is 9.59 Å². The SMILES string of the molecule is O=C1C=C(Oc2ccccc2)C(=O)C2C3C=CC(C3)C12. The van der Waals surface area contributed by atoms with Crippen LogP contribution < -0.4 is 4.74 Å². The maximum Gasteiger partial charge on any atom is 0.202 e. The Balaban J connectivity index is 1.66. The van der Waals surface area contributed by atoms with Crippen molar-refractivity contribution in [3.8, 4) is 5.75 Å². The number of para-hydroxylation sites is 1. The Kier molecular flexibility index (Phi) is 2.43. The van der Waals surface area contributed by atoms with Crippen LogP contribution in [0.2, 0.25) is 0 Å². The molecule has 2 bridgehead atoms. The van der Waals surface area contributed by atoms with E-state index in [0.717, 1.165) is 6.42 Å². The minimum Gasteiger partial charge on any atom is -0.453 e. The predicted octanol–water partition coefficient (Wildman–Crippen LogP) is 2.54. The van der Waals surface area contributed by atoms with E-state index in [2.05, 4.69) is 12.2 Å². The van der Waals surface area contributed by atoms with Gasteiger partial charge in [0.05, 0.1) is 0 Å². The summed E-state index contributed by atoms with van der Waals surface area (Å²) in [6.07, 6.45) is 6.50. The molecule has 3 nitrogen and oxygen atoms in total. The van der Waals surface area contributed by atoms with Gasteiger partial charge in [-0.2, -0.15) is 0 Å². The largest absolute Gasteiger partial charge is 0.453 e. The highest BCUT2D eigenvalue weighted by Gasteiger charge is 2.53. The van der Waals surface area contributed by atoms with Gasteiger partial charge in [0, 0.05) is 17.9 Å². The van der Waals surface area contributed by atoms with Crippen molar-refractivity contribution in [2.45, 2.75) is 6.42 Å². The van der Waals surface area contributed by atoms with Crippen molar-refractivity contribution in [2.24, 2.45) is 23.7 Å². The van der Waals surface area contributed by atoms with Gasteiger partial charge in [0.25, 0.3) is 0 Å². The number of ether oxygens (including phenoxy) is 1. The van der Waals surface area contributed by atoms with E-state index in [0.29, 0.717) is 5.75 Å². The molecule has 0 spiro atoms. The molecule has 0 aromatic heterocycles. The van der Waals surface area contributed by atoms with Gasteiger partial charge in [-0.25, -0.2) is 0 Å². The van der Waals surface area contributed by atoms with Crippen molar-refractivity contribution in [3.05, 3.63) is 54.3 Å². The van der Waals surface area contributed by atoms with E-state index in [1.807, 2.05) is 18.2 Å². The van der Waals surface area contributed by atoms with Gasteiger partial charge in [-0.15, -0.1) is 0 Å². The van der Waals surface area contributed by atoms with Gasteiger partial charge in [0.2, 0.25) is 5.78 Å². The summed E-state index contributed by atoms with van der Waals surface area (Å²) >= 11 is 0. The third-order valence-corrected chi connectivity index (χ3v) is 4.58. The van der Waals surface area contributed by atoms with E-state index < -0.39 is 0 Å². The molecular weight excluding hydrogens is 252 g/mol. The lowest BCUT2D eigenvalue weighted by atomic mass is 9.74. The van der Waals surface area contributed by atoms with Crippen molar-refractivity contribution < 1.29 is 14.3 Å². The molecule has 0 N–H and O–H groups in total. The first-order valence-electron chi connectivity index (χ1n) is 6.95. The van der Waals surface area contributed by atoms with Crippen LogP contribution in [-0.2, 0) is 9.59 Å². The van der Waals surface area contributed by atoms with E-state index in [1.165, 1.54) is 6.08 Å². The first kappa shape index (κ1) is 11.6. The van der Waals surface area contributed by atoms with E-state index in [1.54, 1.807) is 12.1 Å². The van der Waals surface area contributed by atoms with Gasteiger partial charge in [-0.05, 0) is 30.4 Å². The second-order valence-corrected chi connectivity index (χ2v) is 5.69. The first-order chi connectivity index (χ1) is 9.74. The smallest absolute Gasteiger partial charge is 0.202 e. The summed E-state index contributed by atoms with van der Waals surface area (Å²) in [5.74, 6) is 0.912. The number of hydrogen-bond donors (Lipinski definition) is 0. The molecule has 1 fully saturated rings. The molecular formula is C17H14O3. The Morgan fingerprint density at radius 1 is 0.950 bits per heavy atom. The Morgan fingerprint density at radius 3 is 2.40 bits per heavy atom. The molecule has 3 aliphatic carbocycles. The molecule has 0 heterocycles. The Hall–Kier alpha value is -2.16. The molecule has 1 aromatic rings. The van der Waals surface area contributed by atoms with Crippen LogP contribution in [0.15, 0.2) is 54.3 Å². The number of Topliss-reactive ketones (excluding diaryl/α,β-unsaturated/α-hetero) is 1. The summed E-state index contributed by atoms with van der Waals surface area (Å²) in [4.78, 5) is 24.8. The van der Waals surface area contributed by atoms with Gasteiger partial charge in [-0.3, -0.25) is 9.59 Å². The minimum absolute atomic E-state index is 0.0182. The first-order valence-corrected chi connectivity index (χ1v) is 6.95. The highest BCUT2D eigenvalue weighted by atomic mass is 16.5. The number of rotatable bonds is 2. The molecule has 4 unspecified atom stereocenters. The molecule has 4 atom stereocenters. The lowest BCUT2D eigenvalue weighted by Crippen LogP contribution is -2.38. The van der Waals surface area contributed by atoms with Gasteiger partial charge in [0.1, 0.15) is 5.75 Å². The Morgan fingerprint density at radius 2 is 1.65 bits per heavy atom. The predicted molar refractivity (Wildman–Crippen MR) is 72.9 cm³/mol. The zero-order chi connectivity index (χ0) is 13.7. The average Bonchev–Trinajstić information content (AvgIpc) is 3.06. The van der Waals surface area contributed by atoms with Crippen molar-refractivity contribution in [3.63, 3.8) is 0 Å². The van der Waals surface area contributed by atoms with Gasteiger partial charge in [0.15, 0.2) is 11.5 Å². The van der Waals surface area contributed by atoms with Crippen molar-refractivity contribution in [1.82, 2.24) is 0 Å². The van der Waals surface area contributed by atoms with Crippen molar-refractivity contribution >= 4 is 11.6 Å². The fraction of sp³-hybridized carbons (Fsp3) is 0.294. The number of carbonyl (C=O) groups is 2. The highest BCUT2D eigenvalue weighted by Crippen LogP contribution is 2.51. The molecule has 1 saturated carbocycles. The molecule has 4 rings (SSSR count). The molecule has 3 aliphatic rings. The second-order valence-electron chi connectivity index (χ2n) is 5.69. The van der Waals surface area contributed by atoms with E-state index >= 15 is 0 Å². The molecule has 1 aromatic carbocycles. The fourth-order valence-corrected chi connectivity index (χ4v) is 3.72. The van der Waals surface area contributed by atoms with Crippen LogP contribution in [0.4, 0.5) is 0 Å². The summed E-state index contributed by atoms with van der Waals surface area (Å²) in [7, 11) is 0. The van der Waals surface area contributed by atoms with E-state index in [4.69, 9.17) is 4.74 Å². The maximum atomic E-state index is 12.6. The molecule has 0 saturated heterocycles. The minimum atomic E-state index is -0.207. The number of carbonyl (C=O) groups excluding carboxylic acids is 2. The number of ketones is 2. The van der Waals surface area contributed by atoms with Crippen LogP contribution in [0.25, 0.3) is 0 Å². The van der Waals surface area contributed by atoms with Gasteiger partial charge < -0.3 is 4.74 Å². The molecule has 0 amide bonds. The lowest BCUT2D eigenvalue weighted by Gasteiger charge is -2.29. The van der Waals surface area contributed by atoms with Crippen LogP contribution in [0.1, 0.15) is 6.42 Å². The number of allylic oxidation sites excluding steroid dienone is 4. The summed E-state index contributed by atoms with van der Waals surface area (Å²) < 4.78 is 5.62. The van der Waals surface area contributed by atoms with E-state index in [-0.39, 0.29) is 41.0 Å². The topological polar surface area (TPSA) is 43.4 Å². The number of benzene rings is 1. The number of fused-ring (bicyclic) bond motifs is 5. The average molecular weight is 266 g/mol. The second kappa shape index (κ2) is 4.17. The normalized spacial score (nSPS) is 34.1. The zero-order valence-corrected chi connectivity index (χ0v) is 10.9. The molecule has 100 valence electrons. The Bertz CT molecular complexity index is 641. The fourth-order valence-electron chi connectivity index (χ4n) is 3.72. The standard InChI is InChI=1S/C17H14O3/c18-13-9-14(20-12-4-2-1-3-5-12)17(19)16-11-7-6-10(8-11)15(13)16/h1-7,9-11,15-16H,8H2. The quantitative estimate of drug-likeness (QED) is 0.773. The molecule has 3 heteroatoms. The lowest BCUT2D eigenvalue weighted by molar-refractivity contribution is -0.131. The summed E-state index contributed by atoms with van der Waals surface area (Å²) in [6, 6.07) is 9.13. The van der Waals surface area contributed by atoms with Crippen molar-refractivity contribution in [2.75, 3.05) is 0 Å². The van der Waals surface area contributed by atoms with Crippen molar-refractivity contribution in [1.29, 1.82) is 0 Å². The van der Waals surface area contributed by atoms with Crippen LogP contribution >= 0.6 is 0 Å². The third-order valence-electron chi connectivity index (χ3n) is 4.58. The summed E-state index contributed by atoms with van der Waals surface area (Å²) in [5, 5.41) is 0. The van der Waals surface area contributed by atoms with Gasteiger partial charge >= 0.3 is 0 Å². The van der Waals surface area contributed by atoms with Crippen LogP contribution in [0.5, 0.6) is 5.75 Å².